The number of halogens is 3. The summed E-state index contributed by atoms with van der Waals surface area (Å²) in [4.78, 5) is 64.5. The number of aromatic nitrogens is 1. The van der Waals surface area contributed by atoms with Crippen molar-refractivity contribution in [3.63, 3.8) is 0 Å². The van der Waals surface area contributed by atoms with Crippen LogP contribution in [0.25, 0.3) is 10.4 Å². The van der Waals surface area contributed by atoms with Gasteiger partial charge in [0.15, 0.2) is 5.11 Å². The summed E-state index contributed by atoms with van der Waals surface area (Å²) in [6.07, 6.45) is -3.67. The van der Waals surface area contributed by atoms with Gasteiger partial charge in [-0.05, 0) is 138 Å². The molecule has 2 saturated heterocycles. The number of β-amino-alcohol motifs (C(OH)–C–C–N with tert-alkyl or cyclic N) is 1. The number of ether oxygens (including phenoxy) is 2. The van der Waals surface area contributed by atoms with Crippen LogP contribution in [-0.2, 0) is 36.6 Å². The van der Waals surface area contributed by atoms with E-state index in [0.29, 0.717) is 37.7 Å². The van der Waals surface area contributed by atoms with E-state index in [1.54, 1.807) is 79.8 Å². The van der Waals surface area contributed by atoms with Crippen molar-refractivity contribution >= 4 is 63.7 Å². The van der Waals surface area contributed by atoms with Crippen LogP contribution in [0.15, 0.2) is 72.2 Å². The molecule has 0 radical (unpaired) electrons. The molecule has 0 aliphatic carbocycles. The lowest BCUT2D eigenvalue weighted by molar-refractivity contribution is -0.147. The van der Waals surface area contributed by atoms with Crippen LogP contribution < -0.4 is 25.2 Å². The number of nitriles is 1. The second kappa shape index (κ2) is 23.7. The Morgan fingerprint density at radius 1 is 0.959 bits per heavy atom. The molecule has 4 N–H and O–H groups in total. The first-order valence-corrected chi connectivity index (χ1v) is 25.9. The molecule has 4 aromatic rings. The molecule has 20 heteroatoms. The molecule has 0 spiro atoms. The number of amides is 4. The molecular weight excluding hydrogens is 996 g/mol. The fourth-order valence-electron chi connectivity index (χ4n) is 8.91. The number of likely N-dealkylation sites (tertiary alicyclic amines) is 1. The highest BCUT2D eigenvalue weighted by molar-refractivity contribution is 7.81. The Balaban J connectivity index is 0.896. The average molecular weight is 1060 g/mol. The number of thiocarbonyl (C=S) groups is 1. The van der Waals surface area contributed by atoms with Crippen LogP contribution in [-0.4, -0.2) is 105 Å². The normalized spacial score (nSPS) is 17.8. The monoisotopic (exact) mass is 1060 g/mol. The third-order valence-electron chi connectivity index (χ3n) is 13.5. The number of anilines is 2. The first kappa shape index (κ1) is 57.3. The third-order valence-corrected chi connectivity index (χ3v) is 14.9. The van der Waals surface area contributed by atoms with Crippen molar-refractivity contribution in [2.24, 2.45) is 10.8 Å². The Bertz CT molecular complexity index is 2700. The molecular formula is C54H66F3N7O8S2. The Labute approximate surface area is 440 Å². The molecule has 6 rings (SSSR count). The number of benzene rings is 3. The zero-order chi connectivity index (χ0) is 54.3. The van der Waals surface area contributed by atoms with Gasteiger partial charge in [-0.1, -0.05) is 45.0 Å². The summed E-state index contributed by atoms with van der Waals surface area (Å²) in [6.45, 7) is 15.3. The van der Waals surface area contributed by atoms with Crippen LogP contribution >= 0.6 is 23.6 Å². The Morgan fingerprint density at radius 2 is 1.61 bits per heavy atom. The second-order valence-electron chi connectivity index (χ2n) is 20.9. The molecule has 3 unspecified atom stereocenters. The van der Waals surface area contributed by atoms with Gasteiger partial charge in [-0.2, -0.15) is 18.4 Å². The topological polar surface area (TPSA) is 198 Å². The lowest BCUT2D eigenvalue weighted by Gasteiger charge is -2.38. The number of hydrogen-bond donors (Lipinski definition) is 4. The number of nitrogens with zero attached hydrogens (tertiary/aromatic N) is 5. The second-order valence-corrected chi connectivity index (χ2v) is 22.1. The van der Waals surface area contributed by atoms with Crippen LogP contribution in [0, 0.1) is 29.1 Å². The van der Waals surface area contributed by atoms with Gasteiger partial charge in [0, 0.05) is 38.4 Å². The highest BCUT2D eigenvalue weighted by atomic mass is 32.1. The maximum Gasteiger partial charge on any atom is 0.417 e. The quantitative estimate of drug-likeness (QED) is 0.0460. The van der Waals surface area contributed by atoms with Gasteiger partial charge in [0.25, 0.3) is 5.91 Å². The van der Waals surface area contributed by atoms with E-state index in [-0.39, 0.29) is 36.7 Å². The van der Waals surface area contributed by atoms with E-state index in [1.165, 1.54) is 11.0 Å². The number of alkyl halides is 3. The molecule has 1 aromatic heterocycles. The minimum Gasteiger partial charge on any atom is -0.494 e. The molecule has 2 aliphatic heterocycles. The summed E-state index contributed by atoms with van der Waals surface area (Å²) in [6, 6.07) is 17.3. The Morgan fingerprint density at radius 3 is 2.23 bits per heavy atom. The highest BCUT2D eigenvalue weighted by Crippen LogP contribution is 2.40. The number of hydrogen-bond acceptors (Lipinski definition) is 12. The maximum atomic E-state index is 14.2. The molecule has 3 aromatic carbocycles. The van der Waals surface area contributed by atoms with Gasteiger partial charge in [0.1, 0.15) is 23.4 Å². The van der Waals surface area contributed by atoms with E-state index >= 15 is 0 Å². The summed E-state index contributed by atoms with van der Waals surface area (Å²) in [5.41, 5.74) is 0.0868. The summed E-state index contributed by atoms with van der Waals surface area (Å²) in [5, 5.41) is 36.9. The van der Waals surface area contributed by atoms with Crippen LogP contribution in [0.2, 0.25) is 0 Å². The van der Waals surface area contributed by atoms with Crippen LogP contribution in [0.4, 0.5) is 24.5 Å². The number of aryl methyl sites for hydroxylation is 1. The first-order valence-electron chi connectivity index (χ1n) is 24.6. The Hall–Kier alpha value is -5.98. The van der Waals surface area contributed by atoms with Gasteiger partial charge >= 0.3 is 6.18 Å². The van der Waals surface area contributed by atoms with Crippen LogP contribution in [0.1, 0.15) is 109 Å². The fourth-order valence-corrected chi connectivity index (χ4v) is 10.2. The first-order chi connectivity index (χ1) is 34.8. The third kappa shape index (κ3) is 13.3. The van der Waals surface area contributed by atoms with Crippen molar-refractivity contribution in [3.8, 4) is 22.3 Å². The van der Waals surface area contributed by atoms with Gasteiger partial charge in [0.2, 0.25) is 17.7 Å². The van der Waals surface area contributed by atoms with Crippen molar-refractivity contribution < 1.29 is 52.0 Å². The molecule has 3 heterocycles. The Kier molecular flexibility index (Phi) is 18.4. The van der Waals surface area contributed by atoms with Gasteiger partial charge in [-0.15, -0.1) is 11.3 Å². The molecule has 2 fully saturated rings. The maximum absolute atomic E-state index is 14.2. The molecule has 0 bridgehead atoms. The molecule has 0 saturated carbocycles. The number of rotatable bonds is 21. The minimum atomic E-state index is -4.81. The summed E-state index contributed by atoms with van der Waals surface area (Å²) in [7, 11) is 0. The number of carbonyl (C=O) groups is 4. The predicted molar refractivity (Wildman–Crippen MR) is 280 cm³/mol. The number of carbonyl (C=O) groups excluding carboxylic acids is 4. The number of unbranched alkanes of at least 4 members (excludes halogenated alkanes) is 2. The molecule has 4 atom stereocenters. The van der Waals surface area contributed by atoms with E-state index in [0.717, 1.165) is 58.0 Å². The summed E-state index contributed by atoms with van der Waals surface area (Å²) in [5.74, 6) is -1.37. The average Bonchev–Trinajstić information content (AvgIpc) is 4.01. The zero-order valence-electron chi connectivity index (χ0n) is 43.0. The van der Waals surface area contributed by atoms with E-state index in [9.17, 15) is 47.8 Å². The zero-order valence-corrected chi connectivity index (χ0v) is 44.7. The van der Waals surface area contributed by atoms with Crippen molar-refractivity contribution in [1.29, 1.82) is 5.26 Å². The van der Waals surface area contributed by atoms with Crippen molar-refractivity contribution in [2.75, 3.05) is 36.2 Å². The van der Waals surface area contributed by atoms with E-state index in [2.05, 4.69) is 15.6 Å². The minimum absolute atomic E-state index is 0.00633. The standard InChI is InChI=1S/C54H66F3N7O8S2/c1-33-44(74-32-60-33)35-16-14-34(15-17-35)30-59-46(67)42-28-39(65)31-62(42)47(68)45(51(2,3)4)61-48(69)52(5,6)43(66)13-12-25-71-24-10-9-11-26-72-40-22-20-37(21-23-40)64-50(73)63(49(70)53(64,7)8)38-19-18-36(29-58)41(27-38)54(55,56)57/h14-23,27,32,39,42-43,45,65-66H,9-13,24-26,28,30-31H2,1-8H3,(H,59,67)(H,61,69)/t39-,42?,43?,45?/m1/s1. The molecule has 398 valence electrons. The largest absolute Gasteiger partial charge is 0.494 e. The smallest absolute Gasteiger partial charge is 0.417 e. The van der Waals surface area contributed by atoms with Gasteiger partial charge in [-0.3, -0.25) is 24.1 Å². The van der Waals surface area contributed by atoms with Crippen LogP contribution in [0.3, 0.4) is 0 Å². The number of thiazole rings is 1. The number of aliphatic hydroxyl groups excluding tert-OH is 2. The lowest BCUT2D eigenvalue weighted by atomic mass is 9.80. The lowest BCUT2D eigenvalue weighted by Crippen LogP contribution is -2.60. The fraction of sp³-hybridized carbons (Fsp3) is 0.500. The highest BCUT2D eigenvalue weighted by Gasteiger charge is 2.51. The predicted octanol–water partition coefficient (Wildman–Crippen LogP) is 8.47. The van der Waals surface area contributed by atoms with E-state index in [4.69, 9.17) is 21.7 Å². The van der Waals surface area contributed by atoms with Crippen molar-refractivity contribution in [2.45, 2.75) is 136 Å². The van der Waals surface area contributed by atoms with Crippen LogP contribution in [0.5, 0.6) is 5.75 Å². The SMILES string of the molecule is Cc1ncsc1-c1ccc(CNC(=O)C2C[C@@H](O)CN2C(=O)C(NC(=O)C(C)(C)C(O)CCCOCCCCCOc2ccc(N3C(=S)N(c4ccc(C#N)c(C(F)(F)F)c4)C(=O)C3(C)C)cc2)C(C)(C)C)cc1. The van der Waals surface area contributed by atoms with Gasteiger partial charge < -0.3 is 40.1 Å². The summed E-state index contributed by atoms with van der Waals surface area (Å²) < 4.78 is 52.9. The number of nitrogens with one attached hydrogen (secondary N) is 2. The van der Waals surface area contributed by atoms with Gasteiger partial charge in [-0.25, -0.2) is 4.98 Å². The molecule has 74 heavy (non-hydrogen) atoms. The number of aliphatic hydroxyl groups is 2. The molecule has 2 aliphatic rings. The molecule has 4 amide bonds. The molecule has 15 nitrogen and oxygen atoms in total. The van der Waals surface area contributed by atoms with E-state index in [1.807, 2.05) is 52.0 Å². The van der Waals surface area contributed by atoms with Gasteiger partial charge in [0.05, 0.1) is 63.2 Å². The van der Waals surface area contributed by atoms with Crippen molar-refractivity contribution in [1.82, 2.24) is 20.5 Å². The van der Waals surface area contributed by atoms with Crippen molar-refractivity contribution in [3.05, 3.63) is 94.6 Å². The van der Waals surface area contributed by atoms with E-state index < -0.39 is 81.6 Å². The summed E-state index contributed by atoms with van der Waals surface area (Å²) >= 11 is 7.19.